The highest BCUT2D eigenvalue weighted by atomic mass is 19.4. The Morgan fingerprint density at radius 3 is 2.33 bits per heavy atom. The lowest BCUT2D eigenvalue weighted by atomic mass is 10.1. The standard InChI is InChI=1S/C27H25F3N4O2/c1-3-23(24-31-21-15-9-7-13-19(21)25(35)33(24)2)34(17-18-11-5-4-6-12-18)26(36)32-22-16-10-8-14-20(22)27(28,29)30/h4-16,23H,3,17H2,1-2H3,(H,32,36). The number of alkyl halides is 3. The van der Waals surface area contributed by atoms with E-state index in [4.69, 9.17) is 0 Å². The minimum atomic E-state index is -4.64. The number of nitrogens with zero attached hydrogens (tertiary/aromatic N) is 3. The predicted octanol–water partition coefficient (Wildman–Crippen LogP) is 6.14. The van der Waals surface area contributed by atoms with Crippen molar-refractivity contribution >= 4 is 22.6 Å². The summed E-state index contributed by atoms with van der Waals surface area (Å²) < 4.78 is 42.1. The summed E-state index contributed by atoms with van der Waals surface area (Å²) in [6.45, 7) is 1.93. The van der Waals surface area contributed by atoms with Crippen molar-refractivity contribution in [1.29, 1.82) is 0 Å². The molecule has 1 heterocycles. The van der Waals surface area contributed by atoms with Gasteiger partial charge < -0.3 is 10.2 Å². The normalized spacial score (nSPS) is 12.4. The molecule has 4 aromatic rings. The van der Waals surface area contributed by atoms with E-state index in [1.54, 1.807) is 31.3 Å². The van der Waals surface area contributed by atoms with Gasteiger partial charge in [0.25, 0.3) is 5.56 Å². The van der Waals surface area contributed by atoms with Crippen molar-refractivity contribution in [2.24, 2.45) is 7.05 Å². The van der Waals surface area contributed by atoms with Gasteiger partial charge in [-0.2, -0.15) is 13.2 Å². The monoisotopic (exact) mass is 494 g/mol. The molecule has 0 bridgehead atoms. The second-order valence-corrected chi connectivity index (χ2v) is 8.36. The molecule has 0 saturated heterocycles. The van der Waals surface area contributed by atoms with Crippen LogP contribution in [-0.2, 0) is 19.8 Å². The molecule has 0 fully saturated rings. The largest absolute Gasteiger partial charge is 0.418 e. The lowest BCUT2D eigenvalue weighted by Crippen LogP contribution is -2.40. The highest BCUT2D eigenvalue weighted by Crippen LogP contribution is 2.35. The van der Waals surface area contributed by atoms with Crippen LogP contribution in [0.3, 0.4) is 0 Å². The van der Waals surface area contributed by atoms with Gasteiger partial charge in [-0.25, -0.2) is 9.78 Å². The van der Waals surface area contributed by atoms with Gasteiger partial charge in [0, 0.05) is 13.6 Å². The van der Waals surface area contributed by atoms with E-state index in [0.29, 0.717) is 23.1 Å². The SMILES string of the molecule is CCC(c1nc2ccccc2c(=O)n1C)N(Cc1ccccc1)C(=O)Nc1ccccc1C(F)(F)F. The highest BCUT2D eigenvalue weighted by Gasteiger charge is 2.35. The second-order valence-electron chi connectivity index (χ2n) is 8.36. The third kappa shape index (κ3) is 5.10. The number of carbonyl (C=O) groups excluding carboxylic acids is 1. The molecule has 1 unspecified atom stereocenters. The quantitative estimate of drug-likeness (QED) is 0.350. The van der Waals surface area contributed by atoms with Crippen molar-refractivity contribution < 1.29 is 18.0 Å². The number of anilines is 1. The first-order valence-corrected chi connectivity index (χ1v) is 11.4. The van der Waals surface area contributed by atoms with E-state index in [1.807, 2.05) is 37.3 Å². The van der Waals surface area contributed by atoms with E-state index in [0.717, 1.165) is 11.6 Å². The number of urea groups is 1. The number of amides is 2. The molecular formula is C27H25F3N4O2. The molecule has 0 aliphatic carbocycles. The van der Waals surface area contributed by atoms with Crippen LogP contribution in [0.4, 0.5) is 23.7 Å². The highest BCUT2D eigenvalue weighted by molar-refractivity contribution is 5.90. The maximum Gasteiger partial charge on any atom is 0.418 e. The Morgan fingerprint density at radius 1 is 1.00 bits per heavy atom. The first-order valence-electron chi connectivity index (χ1n) is 11.4. The van der Waals surface area contributed by atoms with Crippen molar-refractivity contribution in [2.45, 2.75) is 32.1 Å². The summed E-state index contributed by atoms with van der Waals surface area (Å²) in [7, 11) is 1.58. The Kier molecular flexibility index (Phi) is 7.10. The van der Waals surface area contributed by atoms with E-state index in [9.17, 15) is 22.8 Å². The zero-order valence-corrected chi connectivity index (χ0v) is 19.8. The summed E-state index contributed by atoms with van der Waals surface area (Å²) in [5, 5.41) is 2.89. The summed E-state index contributed by atoms with van der Waals surface area (Å²) in [6.07, 6.45) is -4.26. The van der Waals surface area contributed by atoms with Crippen molar-refractivity contribution in [2.75, 3.05) is 5.32 Å². The number of fused-ring (bicyclic) bond motifs is 1. The minimum absolute atomic E-state index is 0.0993. The summed E-state index contributed by atoms with van der Waals surface area (Å²) in [4.78, 5) is 32.7. The molecule has 3 aromatic carbocycles. The number of para-hydroxylation sites is 2. The molecule has 1 aromatic heterocycles. The van der Waals surface area contributed by atoms with Gasteiger partial charge in [-0.3, -0.25) is 9.36 Å². The molecule has 0 spiro atoms. The Labute approximate surface area is 206 Å². The fourth-order valence-corrected chi connectivity index (χ4v) is 4.21. The molecule has 186 valence electrons. The van der Waals surface area contributed by atoms with Crippen LogP contribution < -0.4 is 10.9 Å². The van der Waals surface area contributed by atoms with Crippen molar-refractivity contribution in [3.63, 3.8) is 0 Å². The van der Waals surface area contributed by atoms with Gasteiger partial charge in [-0.15, -0.1) is 0 Å². The zero-order chi connectivity index (χ0) is 25.9. The van der Waals surface area contributed by atoms with Crippen molar-refractivity contribution in [1.82, 2.24) is 14.5 Å². The molecule has 0 aliphatic rings. The van der Waals surface area contributed by atoms with E-state index < -0.39 is 23.8 Å². The number of rotatable bonds is 6. The van der Waals surface area contributed by atoms with Crippen molar-refractivity contribution in [3.05, 3.63) is 106 Å². The number of nitrogens with one attached hydrogen (secondary N) is 1. The number of aromatic nitrogens is 2. The van der Waals surface area contributed by atoms with Gasteiger partial charge in [0.05, 0.1) is 28.2 Å². The molecule has 9 heteroatoms. The minimum Gasteiger partial charge on any atom is -0.310 e. The molecule has 36 heavy (non-hydrogen) atoms. The lowest BCUT2D eigenvalue weighted by molar-refractivity contribution is -0.136. The number of halogens is 3. The number of carbonyl (C=O) groups is 1. The van der Waals surface area contributed by atoms with E-state index in [1.165, 1.54) is 27.7 Å². The van der Waals surface area contributed by atoms with Crippen LogP contribution in [0.25, 0.3) is 10.9 Å². The number of hydrogen-bond acceptors (Lipinski definition) is 3. The third-order valence-corrected chi connectivity index (χ3v) is 6.01. The topological polar surface area (TPSA) is 67.2 Å². The Hall–Kier alpha value is -4.14. The molecule has 1 atom stereocenters. The number of benzene rings is 3. The molecule has 6 nitrogen and oxygen atoms in total. The summed E-state index contributed by atoms with van der Waals surface area (Å²) >= 11 is 0. The second kappa shape index (κ2) is 10.2. The van der Waals surface area contributed by atoms with Crippen molar-refractivity contribution in [3.8, 4) is 0 Å². The predicted molar refractivity (Wildman–Crippen MR) is 132 cm³/mol. The van der Waals surface area contributed by atoms with Crippen LogP contribution in [0.1, 0.15) is 36.3 Å². The average Bonchev–Trinajstić information content (AvgIpc) is 2.87. The summed E-state index contributed by atoms with van der Waals surface area (Å²) in [5.74, 6) is 0.344. The van der Waals surface area contributed by atoms with Gasteiger partial charge >= 0.3 is 12.2 Å². The smallest absolute Gasteiger partial charge is 0.310 e. The Morgan fingerprint density at radius 2 is 1.64 bits per heavy atom. The molecule has 0 saturated carbocycles. The van der Waals surface area contributed by atoms with Gasteiger partial charge in [-0.1, -0.05) is 61.5 Å². The van der Waals surface area contributed by atoms with Crippen LogP contribution >= 0.6 is 0 Å². The number of hydrogen-bond donors (Lipinski definition) is 1. The van der Waals surface area contributed by atoms with Gasteiger partial charge in [0.15, 0.2) is 0 Å². The van der Waals surface area contributed by atoms with Crippen LogP contribution in [0.15, 0.2) is 83.7 Å². The zero-order valence-electron chi connectivity index (χ0n) is 19.8. The van der Waals surface area contributed by atoms with Crippen LogP contribution in [0.2, 0.25) is 0 Å². The van der Waals surface area contributed by atoms with E-state index in [-0.39, 0.29) is 17.8 Å². The Bertz CT molecular complexity index is 1430. The molecule has 0 radical (unpaired) electrons. The summed E-state index contributed by atoms with van der Waals surface area (Å²) in [5.41, 5.74) is -0.292. The maximum absolute atomic E-state index is 13.6. The molecule has 0 aliphatic heterocycles. The van der Waals surface area contributed by atoms with Crippen LogP contribution in [0, 0.1) is 0 Å². The lowest BCUT2D eigenvalue weighted by Gasteiger charge is -2.32. The fourth-order valence-electron chi connectivity index (χ4n) is 4.21. The van der Waals surface area contributed by atoms with Crippen LogP contribution in [0.5, 0.6) is 0 Å². The molecule has 1 N–H and O–H groups in total. The van der Waals surface area contributed by atoms with Gasteiger partial charge in [0.1, 0.15) is 5.82 Å². The van der Waals surface area contributed by atoms with E-state index in [2.05, 4.69) is 10.3 Å². The maximum atomic E-state index is 13.6. The molecule has 4 rings (SSSR count). The van der Waals surface area contributed by atoms with Crippen LogP contribution in [-0.4, -0.2) is 20.5 Å². The summed E-state index contributed by atoms with van der Waals surface area (Å²) in [6, 6.07) is 19.4. The Balaban J connectivity index is 1.79. The average molecular weight is 495 g/mol. The first-order chi connectivity index (χ1) is 17.2. The fraction of sp³-hybridized carbons (Fsp3) is 0.222. The molecular weight excluding hydrogens is 469 g/mol. The van der Waals surface area contributed by atoms with Gasteiger partial charge in [0.2, 0.25) is 0 Å². The first kappa shape index (κ1) is 25.0. The van der Waals surface area contributed by atoms with E-state index >= 15 is 0 Å². The third-order valence-electron chi connectivity index (χ3n) is 6.01. The molecule has 2 amide bonds. The van der Waals surface area contributed by atoms with Gasteiger partial charge in [-0.05, 0) is 36.2 Å².